The lowest BCUT2D eigenvalue weighted by Gasteiger charge is -1.94. The highest BCUT2D eigenvalue weighted by molar-refractivity contribution is 5.89. The Labute approximate surface area is 45.8 Å². The van der Waals surface area contributed by atoms with E-state index in [1.165, 1.54) is 0 Å². The monoisotopic (exact) mass is 118 g/mol. The van der Waals surface area contributed by atoms with E-state index >= 15 is 0 Å². The number of rotatable bonds is 0. The molecule has 0 bridgehead atoms. The zero-order chi connectivity index (χ0) is 6.57. The van der Waals surface area contributed by atoms with E-state index < -0.39 is 12.1 Å². The summed E-state index contributed by atoms with van der Waals surface area (Å²) in [7, 11) is 1.14. The molecule has 0 aromatic carbocycles. The number of carbonyl (C=O) groups excluding carboxylic acids is 2. The second-order valence-electron chi connectivity index (χ2n) is 0.981. The summed E-state index contributed by atoms with van der Waals surface area (Å²) < 4.78 is 4.01. The number of hydrogen-bond acceptors (Lipinski definition) is 3. The fourth-order valence-electron chi connectivity index (χ4n) is 0.152. The minimum Gasteiger partial charge on any atom is -0.453 e. The highest BCUT2D eigenvalue weighted by Gasteiger charge is 1.98. The second kappa shape index (κ2) is 2.84. The van der Waals surface area contributed by atoms with Crippen molar-refractivity contribution in [2.75, 3.05) is 7.11 Å². The fraction of sp³-hybridized carbons (Fsp3) is 0.333. The maximum atomic E-state index is 9.99. The molecule has 0 spiro atoms. The van der Waals surface area contributed by atoms with Crippen LogP contribution in [0.4, 0.5) is 9.59 Å². The summed E-state index contributed by atoms with van der Waals surface area (Å²) in [5.41, 5.74) is 4.52. The van der Waals surface area contributed by atoms with Gasteiger partial charge in [-0.1, -0.05) is 0 Å². The SMILES string of the molecule is COC(=O)NC(N)=O. The standard InChI is InChI=1S/C3H6N2O3/c1-8-3(7)5-2(4)6/h1H3,(H3,4,5,6,7). The first-order valence-corrected chi connectivity index (χ1v) is 1.81. The Bertz CT molecular complexity index is 111. The van der Waals surface area contributed by atoms with Crippen LogP contribution in [-0.4, -0.2) is 19.2 Å². The van der Waals surface area contributed by atoms with E-state index in [-0.39, 0.29) is 0 Å². The first-order valence-electron chi connectivity index (χ1n) is 1.81. The van der Waals surface area contributed by atoms with Crippen LogP contribution < -0.4 is 11.1 Å². The van der Waals surface area contributed by atoms with Gasteiger partial charge in [0.05, 0.1) is 7.11 Å². The Balaban J connectivity index is 3.40. The average molecular weight is 118 g/mol. The smallest absolute Gasteiger partial charge is 0.415 e. The minimum atomic E-state index is -0.920. The molecule has 0 atom stereocenters. The zero-order valence-electron chi connectivity index (χ0n) is 4.30. The summed E-state index contributed by atoms with van der Waals surface area (Å²) in [6.45, 7) is 0. The van der Waals surface area contributed by atoms with Gasteiger partial charge in [0.25, 0.3) is 0 Å². The molecule has 0 aliphatic heterocycles. The minimum absolute atomic E-state index is 0.850. The van der Waals surface area contributed by atoms with Crippen LogP contribution >= 0.6 is 0 Å². The third kappa shape index (κ3) is 2.95. The van der Waals surface area contributed by atoms with Gasteiger partial charge < -0.3 is 10.5 Å². The molecule has 3 N–H and O–H groups in total. The molecule has 5 heteroatoms. The topological polar surface area (TPSA) is 81.4 Å². The van der Waals surface area contributed by atoms with Crippen LogP contribution in [0.5, 0.6) is 0 Å². The lowest BCUT2D eigenvalue weighted by atomic mass is 11.0. The highest BCUT2D eigenvalue weighted by atomic mass is 16.5. The third-order valence-corrected chi connectivity index (χ3v) is 0.411. The van der Waals surface area contributed by atoms with E-state index in [9.17, 15) is 9.59 Å². The number of nitrogens with one attached hydrogen (secondary N) is 1. The summed E-state index contributed by atoms with van der Waals surface area (Å²) >= 11 is 0. The maximum absolute atomic E-state index is 9.99. The third-order valence-electron chi connectivity index (χ3n) is 0.411. The molecule has 0 saturated heterocycles. The Morgan fingerprint density at radius 3 is 2.25 bits per heavy atom. The quantitative estimate of drug-likeness (QED) is 0.446. The summed E-state index contributed by atoms with van der Waals surface area (Å²) in [4.78, 5) is 19.8. The van der Waals surface area contributed by atoms with E-state index in [1.807, 2.05) is 0 Å². The van der Waals surface area contributed by atoms with Crippen molar-refractivity contribution in [1.82, 2.24) is 5.32 Å². The van der Waals surface area contributed by atoms with Gasteiger partial charge in [-0.2, -0.15) is 0 Å². The molecule has 46 valence electrons. The second-order valence-corrected chi connectivity index (χ2v) is 0.981. The van der Waals surface area contributed by atoms with Crippen molar-refractivity contribution in [2.45, 2.75) is 0 Å². The summed E-state index contributed by atoms with van der Waals surface area (Å²) in [6, 6.07) is -0.920. The van der Waals surface area contributed by atoms with Crippen LogP contribution in [0, 0.1) is 0 Å². The molecule has 0 unspecified atom stereocenters. The van der Waals surface area contributed by atoms with E-state index in [2.05, 4.69) is 10.5 Å². The number of amides is 3. The van der Waals surface area contributed by atoms with Crippen LogP contribution in [0.15, 0.2) is 0 Å². The van der Waals surface area contributed by atoms with E-state index in [4.69, 9.17) is 0 Å². The number of carbonyl (C=O) groups is 2. The summed E-state index contributed by atoms with van der Waals surface area (Å²) in [5, 5.41) is 1.67. The van der Waals surface area contributed by atoms with Crippen molar-refractivity contribution in [3.63, 3.8) is 0 Å². The first-order chi connectivity index (χ1) is 3.66. The van der Waals surface area contributed by atoms with E-state index in [1.54, 1.807) is 5.32 Å². The summed E-state index contributed by atoms with van der Waals surface area (Å²) in [6.07, 6.45) is -0.850. The van der Waals surface area contributed by atoms with Crippen LogP contribution in [0.25, 0.3) is 0 Å². The molecule has 0 heterocycles. The normalized spacial score (nSPS) is 7.62. The average Bonchev–Trinajstić information content (AvgIpc) is 1.65. The van der Waals surface area contributed by atoms with Crippen molar-refractivity contribution in [2.24, 2.45) is 5.73 Å². The van der Waals surface area contributed by atoms with E-state index in [0.717, 1.165) is 7.11 Å². The van der Waals surface area contributed by atoms with Crippen LogP contribution in [0.2, 0.25) is 0 Å². The lowest BCUT2D eigenvalue weighted by Crippen LogP contribution is -2.34. The maximum Gasteiger partial charge on any atom is 0.415 e. The van der Waals surface area contributed by atoms with Gasteiger partial charge in [0.1, 0.15) is 0 Å². The Morgan fingerprint density at radius 1 is 1.62 bits per heavy atom. The fourth-order valence-corrected chi connectivity index (χ4v) is 0.152. The Kier molecular flexibility index (Phi) is 2.39. The number of imide groups is 1. The molecule has 8 heavy (non-hydrogen) atoms. The number of urea groups is 1. The molecule has 0 aromatic heterocycles. The molecule has 5 nitrogen and oxygen atoms in total. The predicted molar refractivity (Wildman–Crippen MR) is 25.1 cm³/mol. The van der Waals surface area contributed by atoms with Crippen LogP contribution in [-0.2, 0) is 4.74 Å². The number of ether oxygens (including phenoxy) is 1. The molecular weight excluding hydrogens is 112 g/mol. The largest absolute Gasteiger partial charge is 0.453 e. The van der Waals surface area contributed by atoms with Crippen molar-refractivity contribution >= 4 is 12.1 Å². The first kappa shape index (κ1) is 6.74. The number of nitrogens with two attached hydrogens (primary N) is 1. The predicted octanol–water partition coefficient (Wildman–Crippen LogP) is -0.579. The van der Waals surface area contributed by atoms with Crippen molar-refractivity contribution in [1.29, 1.82) is 0 Å². The molecule has 3 amide bonds. The van der Waals surface area contributed by atoms with Crippen molar-refractivity contribution in [3.05, 3.63) is 0 Å². The molecule has 0 radical (unpaired) electrons. The van der Waals surface area contributed by atoms with Gasteiger partial charge in [-0.15, -0.1) is 0 Å². The molecule has 0 saturated carbocycles. The summed E-state index contributed by atoms with van der Waals surface area (Å²) in [5.74, 6) is 0. The van der Waals surface area contributed by atoms with Crippen molar-refractivity contribution < 1.29 is 14.3 Å². The Hall–Kier alpha value is -1.26. The number of alkyl carbamates (subject to hydrolysis) is 1. The molecule has 0 aromatic rings. The van der Waals surface area contributed by atoms with Crippen LogP contribution in [0.3, 0.4) is 0 Å². The molecule has 0 rings (SSSR count). The van der Waals surface area contributed by atoms with Gasteiger partial charge in [-0.05, 0) is 0 Å². The van der Waals surface area contributed by atoms with Gasteiger partial charge in [0.2, 0.25) is 0 Å². The highest BCUT2D eigenvalue weighted by Crippen LogP contribution is 1.66. The number of primary amides is 1. The van der Waals surface area contributed by atoms with Gasteiger partial charge in [-0.3, -0.25) is 0 Å². The van der Waals surface area contributed by atoms with Crippen LogP contribution in [0.1, 0.15) is 0 Å². The van der Waals surface area contributed by atoms with E-state index in [0.29, 0.717) is 0 Å². The molecule has 0 fully saturated rings. The zero-order valence-corrected chi connectivity index (χ0v) is 4.30. The Morgan fingerprint density at radius 2 is 2.12 bits per heavy atom. The lowest BCUT2D eigenvalue weighted by molar-refractivity contribution is 0.171. The number of hydrogen-bond donors (Lipinski definition) is 2. The number of methoxy groups -OCH3 is 1. The van der Waals surface area contributed by atoms with Gasteiger partial charge >= 0.3 is 12.1 Å². The van der Waals surface area contributed by atoms with Crippen molar-refractivity contribution in [3.8, 4) is 0 Å². The molecular formula is C3H6N2O3. The molecule has 0 aliphatic rings. The van der Waals surface area contributed by atoms with Gasteiger partial charge in [-0.25, -0.2) is 14.9 Å². The van der Waals surface area contributed by atoms with Gasteiger partial charge in [0, 0.05) is 0 Å². The molecule has 0 aliphatic carbocycles. The van der Waals surface area contributed by atoms with Gasteiger partial charge in [0.15, 0.2) is 0 Å².